The molecular weight excluding hydrogens is 418 g/mol. The largest absolute Gasteiger partial charge is 0.463 e. The number of hydrogen-bond donors (Lipinski definition) is 0. The Bertz CT molecular complexity index is 1000. The van der Waals surface area contributed by atoms with E-state index in [1.807, 2.05) is 41.3 Å². The number of amides is 2. The molecule has 5 rings (SSSR count). The van der Waals surface area contributed by atoms with Crippen molar-refractivity contribution in [3.63, 3.8) is 0 Å². The SMILES string of the molecule is CN1CCN(c2cccnc2OC2CCN(c3ccc(N4CCCCC4=O)cc3)C2=O)CC1. The number of benzene rings is 1. The molecule has 3 aliphatic heterocycles. The Kier molecular flexibility index (Phi) is 6.17. The molecule has 0 radical (unpaired) electrons. The number of likely N-dealkylation sites (N-methyl/N-ethyl adjacent to an activating group) is 1. The summed E-state index contributed by atoms with van der Waals surface area (Å²) in [6, 6.07) is 11.7. The molecule has 2 amide bonds. The quantitative estimate of drug-likeness (QED) is 0.699. The maximum atomic E-state index is 13.2. The van der Waals surface area contributed by atoms with Crippen LogP contribution in [-0.4, -0.2) is 74.1 Å². The van der Waals surface area contributed by atoms with Crippen LogP contribution in [0.25, 0.3) is 0 Å². The Morgan fingerprint density at radius 1 is 0.879 bits per heavy atom. The summed E-state index contributed by atoms with van der Waals surface area (Å²) in [5, 5.41) is 0. The molecule has 1 aromatic heterocycles. The summed E-state index contributed by atoms with van der Waals surface area (Å²) < 4.78 is 6.17. The Balaban J connectivity index is 1.26. The van der Waals surface area contributed by atoms with Crippen LogP contribution in [-0.2, 0) is 9.59 Å². The number of nitrogens with zero attached hydrogens (tertiary/aromatic N) is 5. The third-order valence-electron chi connectivity index (χ3n) is 6.80. The van der Waals surface area contributed by atoms with Gasteiger partial charge in [-0.05, 0) is 56.3 Å². The van der Waals surface area contributed by atoms with Crippen LogP contribution in [0.1, 0.15) is 25.7 Å². The van der Waals surface area contributed by atoms with E-state index in [-0.39, 0.29) is 11.8 Å². The van der Waals surface area contributed by atoms with E-state index in [0.29, 0.717) is 25.3 Å². The number of hydrogen-bond acceptors (Lipinski definition) is 6. The third kappa shape index (κ3) is 4.53. The maximum absolute atomic E-state index is 13.2. The van der Waals surface area contributed by atoms with Crippen LogP contribution in [0.4, 0.5) is 17.1 Å². The van der Waals surface area contributed by atoms with E-state index < -0.39 is 6.10 Å². The molecule has 8 nitrogen and oxygen atoms in total. The number of piperidine rings is 1. The highest BCUT2D eigenvalue weighted by atomic mass is 16.5. The predicted molar refractivity (Wildman–Crippen MR) is 128 cm³/mol. The molecule has 2 aromatic rings. The van der Waals surface area contributed by atoms with Gasteiger partial charge in [0.1, 0.15) is 0 Å². The van der Waals surface area contributed by atoms with Crippen LogP contribution in [0.15, 0.2) is 42.6 Å². The highest BCUT2D eigenvalue weighted by molar-refractivity contribution is 5.99. The van der Waals surface area contributed by atoms with Crippen molar-refractivity contribution in [2.45, 2.75) is 31.8 Å². The summed E-state index contributed by atoms with van der Waals surface area (Å²) in [4.78, 5) is 38.0. The van der Waals surface area contributed by atoms with Crippen molar-refractivity contribution < 1.29 is 14.3 Å². The van der Waals surface area contributed by atoms with Gasteiger partial charge in [0.2, 0.25) is 11.8 Å². The van der Waals surface area contributed by atoms with Gasteiger partial charge in [-0.1, -0.05) is 0 Å². The van der Waals surface area contributed by atoms with Gasteiger partial charge in [0, 0.05) is 69.7 Å². The van der Waals surface area contributed by atoms with E-state index in [2.05, 4.69) is 21.8 Å². The second-order valence-corrected chi connectivity index (χ2v) is 9.02. The summed E-state index contributed by atoms with van der Waals surface area (Å²) >= 11 is 0. The molecule has 0 bridgehead atoms. The molecule has 0 aliphatic carbocycles. The Morgan fingerprint density at radius 2 is 1.61 bits per heavy atom. The Morgan fingerprint density at radius 3 is 2.33 bits per heavy atom. The molecular formula is C25H31N5O3. The summed E-state index contributed by atoms with van der Waals surface area (Å²) in [6.45, 7) is 5.16. The van der Waals surface area contributed by atoms with Crippen LogP contribution < -0.4 is 19.4 Å². The van der Waals surface area contributed by atoms with Crippen molar-refractivity contribution in [2.24, 2.45) is 0 Å². The molecule has 0 N–H and O–H groups in total. The minimum atomic E-state index is -0.547. The first-order valence-corrected chi connectivity index (χ1v) is 11.9. The maximum Gasteiger partial charge on any atom is 0.268 e. The molecule has 0 saturated carbocycles. The fourth-order valence-corrected chi connectivity index (χ4v) is 4.81. The van der Waals surface area contributed by atoms with Crippen LogP contribution in [0.3, 0.4) is 0 Å². The second kappa shape index (κ2) is 9.39. The molecule has 0 spiro atoms. The number of anilines is 3. The molecule has 33 heavy (non-hydrogen) atoms. The first-order chi connectivity index (χ1) is 16.1. The van der Waals surface area contributed by atoms with Crippen molar-refractivity contribution in [3.05, 3.63) is 42.6 Å². The van der Waals surface area contributed by atoms with Crippen molar-refractivity contribution in [1.29, 1.82) is 0 Å². The van der Waals surface area contributed by atoms with Gasteiger partial charge in [0.25, 0.3) is 5.91 Å². The number of carbonyl (C=O) groups excluding carboxylic acids is 2. The van der Waals surface area contributed by atoms with Gasteiger partial charge in [0.05, 0.1) is 5.69 Å². The molecule has 8 heteroatoms. The predicted octanol–water partition coefficient (Wildman–Crippen LogP) is 2.53. The standard InChI is InChI=1S/C25H31N5O3/c1-27-15-17-28(18-16-27)21-5-4-12-26-24(21)33-22-11-14-30(25(22)32)20-9-7-19(8-10-20)29-13-3-2-6-23(29)31/h4-5,7-10,12,22H,2-3,6,11,13-18H2,1H3. The van der Waals surface area contributed by atoms with Crippen LogP contribution in [0.2, 0.25) is 0 Å². The van der Waals surface area contributed by atoms with Crippen molar-refractivity contribution in [2.75, 3.05) is 61.0 Å². The van der Waals surface area contributed by atoms with E-state index in [1.54, 1.807) is 11.1 Å². The van der Waals surface area contributed by atoms with Gasteiger partial charge in [-0.15, -0.1) is 0 Å². The summed E-state index contributed by atoms with van der Waals surface area (Å²) in [5.41, 5.74) is 2.68. The van der Waals surface area contributed by atoms with Crippen molar-refractivity contribution >= 4 is 28.9 Å². The lowest BCUT2D eigenvalue weighted by Crippen LogP contribution is -2.44. The molecule has 3 saturated heterocycles. The fraction of sp³-hybridized carbons (Fsp3) is 0.480. The summed E-state index contributed by atoms with van der Waals surface area (Å²) in [6.07, 6.45) is 4.38. The van der Waals surface area contributed by atoms with Crippen molar-refractivity contribution in [3.8, 4) is 5.88 Å². The lowest BCUT2D eigenvalue weighted by molar-refractivity contribution is -0.123. The van der Waals surface area contributed by atoms with Gasteiger partial charge in [0.15, 0.2) is 6.10 Å². The van der Waals surface area contributed by atoms with E-state index in [1.165, 1.54) is 0 Å². The minimum absolute atomic E-state index is 0.0493. The van der Waals surface area contributed by atoms with E-state index in [9.17, 15) is 9.59 Å². The average molecular weight is 450 g/mol. The van der Waals surface area contributed by atoms with Crippen molar-refractivity contribution in [1.82, 2.24) is 9.88 Å². The lowest BCUT2D eigenvalue weighted by Gasteiger charge is -2.34. The molecule has 174 valence electrons. The lowest BCUT2D eigenvalue weighted by atomic mass is 10.1. The highest BCUT2D eigenvalue weighted by Crippen LogP contribution is 2.31. The summed E-state index contributed by atoms with van der Waals surface area (Å²) in [5.74, 6) is 0.652. The van der Waals surface area contributed by atoms with Gasteiger partial charge in [-0.25, -0.2) is 4.98 Å². The Hall–Kier alpha value is -3.13. The van der Waals surface area contributed by atoms with Gasteiger partial charge in [-0.2, -0.15) is 0 Å². The minimum Gasteiger partial charge on any atom is -0.463 e. The van der Waals surface area contributed by atoms with Gasteiger partial charge in [-0.3, -0.25) is 9.59 Å². The number of rotatable bonds is 5. The van der Waals surface area contributed by atoms with Crippen LogP contribution in [0.5, 0.6) is 5.88 Å². The van der Waals surface area contributed by atoms with Crippen LogP contribution >= 0.6 is 0 Å². The number of aromatic nitrogens is 1. The van der Waals surface area contributed by atoms with E-state index in [4.69, 9.17) is 4.74 Å². The first-order valence-electron chi connectivity index (χ1n) is 11.9. The molecule has 3 fully saturated rings. The molecule has 1 unspecified atom stereocenters. The van der Waals surface area contributed by atoms with Gasteiger partial charge >= 0.3 is 0 Å². The zero-order valence-electron chi connectivity index (χ0n) is 19.2. The average Bonchev–Trinajstić information content (AvgIpc) is 3.20. The highest BCUT2D eigenvalue weighted by Gasteiger charge is 2.35. The normalized spacial score (nSPS) is 22.2. The fourth-order valence-electron chi connectivity index (χ4n) is 4.81. The molecule has 3 aliphatic rings. The number of piperazine rings is 1. The monoisotopic (exact) mass is 449 g/mol. The second-order valence-electron chi connectivity index (χ2n) is 9.02. The number of carbonyl (C=O) groups is 2. The zero-order chi connectivity index (χ0) is 22.8. The smallest absolute Gasteiger partial charge is 0.268 e. The first kappa shape index (κ1) is 21.7. The molecule has 1 atom stereocenters. The van der Waals surface area contributed by atoms with E-state index in [0.717, 1.165) is 62.6 Å². The Labute approximate surface area is 194 Å². The number of ether oxygens (including phenoxy) is 1. The van der Waals surface area contributed by atoms with E-state index >= 15 is 0 Å². The molecule has 4 heterocycles. The topological polar surface area (TPSA) is 69.2 Å². The number of pyridine rings is 1. The summed E-state index contributed by atoms with van der Waals surface area (Å²) in [7, 11) is 2.13. The van der Waals surface area contributed by atoms with Gasteiger partial charge < -0.3 is 24.3 Å². The third-order valence-corrected chi connectivity index (χ3v) is 6.80. The molecule has 1 aromatic carbocycles. The zero-order valence-corrected chi connectivity index (χ0v) is 19.2. The van der Waals surface area contributed by atoms with Crippen LogP contribution in [0, 0.1) is 0 Å².